The molecule has 1 unspecified atom stereocenters. The first-order chi connectivity index (χ1) is 6.77. The molecule has 2 aliphatic heterocycles. The van der Waals surface area contributed by atoms with Crippen molar-refractivity contribution in [2.45, 2.75) is 18.4 Å². The first kappa shape index (κ1) is 8.57. The molecule has 1 aromatic carbocycles. The topological polar surface area (TPSA) is 21.3 Å². The maximum atomic E-state index is 5.99. The average Bonchev–Trinajstić information content (AvgIpc) is 2.72. The number of halogens is 1. The third-order valence-corrected chi connectivity index (χ3v) is 3.31. The highest BCUT2D eigenvalue weighted by Crippen LogP contribution is 2.39. The van der Waals surface area contributed by atoms with Gasteiger partial charge in [0.2, 0.25) is 0 Å². The lowest BCUT2D eigenvalue weighted by Crippen LogP contribution is -2.36. The average molecular weight is 210 g/mol. The van der Waals surface area contributed by atoms with E-state index in [0.29, 0.717) is 0 Å². The van der Waals surface area contributed by atoms with Gasteiger partial charge in [0.1, 0.15) is 11.4 Å². The molecule has 1 aromatic rings. The van der Waals surface area contributed by atoms with E-state index in [-0.39, 0.29) is 5.60 Å². The molecular formula is C11H12ClNO. The van der Waals surface area contributed by atoms with Crippen molar-refractivity contribution in [1.82, 2.24) is 5.32 Å². The number of ether oxygens (including phenoxy) is 1. The lowest BCUT2D eigenvalue weighted by Gasteiger charge is -2.21. The fourth-order valence-electron chi connectivity index (χ4n) is 2.34. The summed E-state index contributed by atoms with van der Waals surface area (Å²) in [7, 11) is 0. The van der Waals surface area contributed by atoms with Crippen LogP contribution in [0.4, 0.5) is 0 Å². The lowest BCUT2D eigenvalue weighted by atomic mass is 9.96. The van der Waals surface area contributed by atoms with Crippen LogP contribution in [0.25, 0.3) is 0 Å². The normalized spacial score (nSPS) is 29.2. The molecule has 0 radical (unpaired) electrons. The maximum Gasteiger partial charge on any atom is 0.127 e. The molecule has 1 fully saturated rings. The highest BCUT2D eigenvalue weighted by atomic mass is 35.5. The van der Waals surface area contributed by atoms with Gasteiger partial charge in [-0.25, -0.2) is 0 Å². The molecule has 0 aromatic heterocycles. The van der Waals surface area contributed by atoms with Gasteiger partial charge in [-0.1, -0.05) is 17.7 Å². The van der Waals surface area contributed by atoms with Gasteiger partial charge in [-0.15, -0.1) is 0 Å². The van der Waals surface area contributed by atoms with Crippen LogP contribution in [-0.2, 0) is 6.42 Å². The van der Waals surface area contributed by atoms with Crippen molar-refractivity contribution in [2.75, 3.05) is 13.1 Å². The Bertz CT molecular complexity index is 372. The van der Waals surface area contributed by atoms with Crippen LogP contribution in [0, 0.1) is 0 Å². The zero-order valence-electron chi connectivity index (χ0n) is 7.85. The lowest BCUT2D eigenvalue weighted by molar-refractivity contribution is 0.118. The number of hydrogen-bond donors (Lipinski definition) is 1. The summed E-state index contributed by atoms with van der Waals surface area (Å²) in [5.41, 5.74) is 1.31. The van der Waals surface area contributed by atoms with E-state index in [0.717, 1.165) is 36.7 Å². The van der Waals surface area contributed by atoms with Crippen molar-refractivity contribution in [3.8, 4) is 5.75 Å². The van der Waals surface area contributed by atoms with Gasteiger partial charge in [0.25, 0.3) is 0 Å². The highest BCUT2D eigenvalue weighted by Gasteiger charge is 2.41. The van der Waals surface area contributed by atoms with Crippen molar-refractivity contribution in [3.63, 3.8) is 0 Å². The fraction of sp³-hybridized carbons (Fsp3) is 0.455. The second-order valence-electron chi connectivity index (χ2n) is 4.14. The van der Waals surface area contributed by atoms with Crippen LogP contribution >= 0.6 is 11.6 Å². The molecule has 74 valence electrons. The second-order valence-corrected chi connectivity index (χ2v) is 4.58. The monoisotopic (exact) mass is 209 g/mol. The Balaban J connectivity index is 1.96. The number of fused-ring (bicyclic) bond motifs is 1. The molecule has 2 nitrogen and oxygen atoms in total. The van der Waals surface area contributed by atoms with Crippen LogP contribution in [0.5, 0.6) is 5.75 Å². The van der Waals surface area contributed by atoms with Crippen LogP contribution in [0.3, 0.4) is 0 Å². The molecule has 3 rings (SSSR count). The van der Waals surface area contributed by atoms with Crippen molar-refractivity contribution in [3.05, 3.63) is 28.8 Å². The molecule has 0 aliphatic carbocycles. The van der Waals surface area contributed by atoms with Crippen molar-refractivity contribution < 1.29 is 4.74 Å². The van der Waals surface area contributed by atoms with Gasteiger partial charge < -0.3 is 10.1 Å². The summed E-state index contributed by atoms with van der Waals surface area (Å²) in [4.78, 5) is 0. The summed E-state index contributed by atoms with van der Waals surface area (Å²) in [6.07, 6.45) is 2.12. The third-order valence-electron chi connectivity index (χ3n) is 3.07. The highest BCUT2D eigenvalue weighted by molar-refractivity contribution is 6.30. The zero-order valence-corrected chi connectivity index (χ0v) is 8.60. The van der Waals surface area contributed by atoms with E-state index in [9.17, 15) is 0 Å². The minimum Gasteiger partial charge on any atom is -0.485 e. The summed E-state index contributed by atoms with van der Waals surface area (Å²) in [5.74, 6) is 0.973. The van der Waals surface area contributed by atoms with Crippen LogP contribution in [0.2, 0.25) is 5.02 Å². The number of nitrogens with one attached hydrogen (secondary N) is 1. The van der Waals surface area contributed by atoms with Crippen molar-refractivity contribution in [2.24, 2.45) is 0 Å². The predicted octanol–water partition coefficient (Wildman–Crippen LogP) is 2.01. The Morgan fingerprint density at radius 1 is 1.43 bits per heavy atom. The largest absolute Gasteiger partial charge is 0.485 e. The molecule has 0 bridgehead atoms. The van der Waals surface area contributed by atoms with Crippen LogP contribution in [-0.4, -0.2) is 18.7 Å². The van der Waals surface area contributed by atoms with Gasteiger partial charge in [-0.3, -0.25) is 0 Å². The molecule has 2 aliphatic rings. The van der Waals surface area contributed by atoms with Gasteiger partial charge >= 0.3 is 0 Å². The number of hydrogen-bond acceptors (Lipinski definition) is 2. The van der Waals surface area contributed by atoms with Gasteiger partial charge in [-0.05, 0) is 24.2 Å². The Labute approximate surface area is 88.2 Å². The molecule has 1 atom stereocenters. The first-order valence-corrected chi connectivity index (χ1v) is 5.33. The SMILES string of the molecule is Clc1ccc2c(c1)OC1(CCNC1)C2. The molecular weight excluding hydrogens is 198 g/mol. The Morgan fingerprint density at radius 2 is 2.36 bits per heavy atom. The number of benzene rings is 1. The van der Waals surface area contributed by atoms with E-state index in [1.165, 1.54) is 5.56 Å². The number of rotatable bonds is 0. The minimum absolute atomic E-state index is 0.0208. The van der Waals surface area contributed by atoms with Crippen LogP contribution in [0.15, 0.2) is 18.2 Å². The molecule has 0 amide bonds. The van der Waals surface area contributed by atoms with Crippen LogP contribution < -0.4 is 10.1 Å². The molecule has 14 heavy (non-hydrogen) atoms. The molecule has 1 N–H and O–H groups in total. The fourth-order valence-corrected chi connectivity index (χ4v) is 2.51. The quantitative estimate of drug-likeness (QED) is 0.706. The second kappa shape index (κ2) is 2.88. The maximum absolute atomic E-state index is 5.99. The van der Waals surface area contributed by atoms with E-state index >= 15 is 0 Å². The first-order valence-electron chi connectivity index (χ1n) is 4.96. The van der Waals surface area contributed by atoms with Crippen molar-refractivity contribution in [1.29, 1.82) is 0 Å². The summed E-state index contributed by atoms with van der Waals surface area (Å²) < 4.78 is 5.99. The molecule has 3 heteroatoms. The minimum atomic E-state index is 0.0208. The molecule has 1 saturated heterocycles. The molecule has 0 saturated carbocycles. The van der Waals surface area contributed by atoms with E-state index in [2.05, 4.69) is 11.4 Å². The predicted molar refractivity (Wildman–Crippen MR) is 56.0 cm³/mol. The standard InChI is InChI=1S/C11H12ClNO/c12-9-2-1-8-6-11(3-4-13-7-11)14-10(8)5-9/h1-2,5,13H,3-4,6-7H2. The summed E-state index contributed by atoms with van der Waals surface area (Å²) >= 11 is 5.92. The van der Waals surface area contributed by atoms with E-state index in [4.69, 9.17) is 16.3 Å². The van der Waals surface area contributed by atoms with Gasteiger partial charge in [0, 0.05) is 24.4 Å². The van der Waals surface area contributed by atoms with Crippen molar-refractivity contribution >= 4 is 11.6 Å². The van der Waals surface area contributed by atoms with E-state index < -0.39 is 0 Å². The zero-order chi connectivity index (χ0) is 9.60. The van der Waals surface area contributed by atoms with Gasteiger partial charge in [0.05, 0.1) is 0 Å². The molecule has 1 spiro atoms. The summed E-state index contributed by atoms with van der Waals surface area (Å²) in [6, 6.07) is 5.93. The van der Waals surface area contributed by atoms with E-state index in [1.807, 2.05) is 12.1 Å². The summed E-state index contributed by atoms with van der Waals surface area (Å²) in [6.45, 7) is 2.01. The van der Waals surface area contributed by atoms with E-state index in [1.54, 1.807) is 0 Å². The Hall–Kier alpha value is -0.730. The van der Waals surface area contributed by atoms with Gasteiger partial charge in [0.15, 0.2) is 0 Å². The smallest absolute Gasteiger partial charge is 0.127 e. The molecule has 2 heterocycles. The third kappa shape index (κ3) is 1.22. The summed E-state index contributed by atoms with van der Waals surface area (Å²) in [5, 5.41) is 4.10. The van der Waals surface area contributed by atoms with Gasteiger partial charge in [-0.2, -0.15) is 0 Å². The Morgan fingerprint density at radius 3 is 3.14 bits per heavy atom. The van der Waals surface area contributed by atoms with Crippen LogP contribution in [0.1, 0.15) is 12.0 Å². The Kier molecular flexibility index (Phi) is 1.76.